The molecule has 0 aliphatic rings. The van der Waals surface area contributed by atoms with Crippen molar-refractivity contribution in [1.29, 1.82) is 0 Å². The molecule has 0 atom stereocenters. The molecule has 0 amide bonds. The van der Waals surface area contributed by atoms with Crippen LogP contribution >= 0.6 is 11.6 Å². The Balaban J connectivity index is 1.10. The maximum atomic E-state index is 7.31. The number of benzene rings is 7. The molecule has 9 aromatic rings. The lowest BCUT2D eigenvalue weighted by atomic mass is 9.96. The smallest absolute Gasteiger partial charge is 0.164 e. The molecule has 2 heterocycles. The molecule has 7 heteroatoms. The Bertz CT molecular complexity index is 2460. The van der Waals surface area contributed by atoms with E-state index in [4.69, 9.17) is 41.5 Å². The molecule has 55 heavy (non-hydrogen) atoms. The second kappa shape index (κ2) is 15.1. The van der Waals surface area contributed by atoms with Crippen LogP contribution in [0, 0.1) is 0 Å². The zero-order chi connectivity index (χ0) is 37.0. The third-order valence-corrected chi connectivity index (χ3v) is 9.67. The molecule has 0 N–H and O–H groups in total. The van der Waals surface area contributed by atoms with Crippen molar-refractivity contribution in [1.82, 2.24) is 29.9 Å². The van der Waals surface area contributed by atoms with Crippen LogP contribution in [0.1, 0.15) is 0 Å². The minimum Gasteiger partial charge on any atom is -0.208 e. The summed E-state index contributed by atoms with van der Waals surface area (Å²) in [5.41, 5.74) is 9.07. The summed E-state index contributed by atoms with van der Waals surface area (Å²) in [4.78, 5) is 29.5. The summed E-state index contributed by atoms with van der Waals surface area (Å²) in [5.74, 6) is 3.60. The van der Waals surface area contributed by atoms with E-state index in [0.717, 1.165) is 55.6 Å². The third kappa shape index (κ3) is 7.14. The highest BCUT2D eigenvalue weighted by Gasteiger charge is 2.17. The summed E-state index contributed by atoms with van der Waals surface area (Å²) in [7, 11) is 0. The number of halogens is 1. The highest BCUT2D eigenvalue weighted by Crippen LogP contribution is 2.39. The van der Waals surface area contributed by atoms with Crippen molar-refractivity contribution in [3.8, 4) is 90.6 Å². The molecule has 0 radical (unpaired) electrons. The Morgan fingerprint density at radius 3 is 0.782 bits per heavy atom. The number of hydrogen-bond acceptors (Lipinski definition) is 6. The SMILES string of the molecule is Clc1c(-c2cccc(-c3nc(-c4ccccc4)nc(-c4ccccc4)n3)c2)cccc1-c1cccc(-c2nc(-c3ccccc3)nc(-c3ccccc3)n2)c1. The van der Waals surface area contributed by atoms with Crippen LogP contribution < -0.4 is 0 Å². The van der Waals surface area contributed by atoms with Gasteiger partial charge in [0.05, 0.1) is 5.02 Å². The van der Waals surface area contributed by atoms with E-state index in [1.807, 2.05) is 164 Å². The first-order valence-electron chi connectivity index (χ1n) is 17.9. The van der Waals surface area contributed by atoms with Gasteiger partial charge in [0, 0.05) is 44.5 Å². The summed E-state index contributed by atoms with van der Waals surface area (Å²) in [5, 5.41) is 0.632. The van der Waals surface area contributed by atoms with E-state index in [1.54, 1.807) is 0 Å². The Morgan fingerprint density at radius 1 is 0.236 bits per heavy atom. The normalized spacial score (nSPS) is 11.0. The topological polar surface area (TPSA) is 77.3 Å². The van der Waals surface area contributed by atoms with Gasteiger partial charge in [0.2, 0.25) is 0 Å². The second-order valence-electron chi connectivity index (χ2n) is 12.9. The molecular weight excluding hydrogens is 696 g/mol. The van der Waals surface area contributed by atoms with Gasteiger partial charge in [-0.1, -0.05) is 188 Å². The van der Waals surface area contributed by atoms with E-state index in [-0.39, 0.29) is 0 Å². The molecule has 0 fully saturated rings. The first-order valence-corrected chi connectivity index (χ1v) is 18.3. The molecular formula is C48H31ClN6. The van der Waals surface area contributed by atoms with Gasteiger partial charge >= 0.3 is 0 Å². The molecule has 0 spiro atoms. The van der Waals surface area contributed by atoms with Crippen molar-refractivity contribution in [3.05, 3.63) is 193 Å². The Hall–Kier alpha value is -7.15. The Morgan fingerprint density at radius 2 is 0.473 bits per heavy atom. The minimum atomic E-state index is 0.580. The number of nitrogens with zero attached hydrogens (tertiary/aromatic N) is 6. The maximum absolute atomic E-state index is 7.31. The molecule has 0 aliphatic heterocycles. The Labute approximate surface area is 324 Å². The van der Waals surface area contributed by atoms with Crippen molar-refractivity contribution in [2.75, 3.05) is 0 Å². The standard InChI is InChI=1S/C48H31ClN6/c49-42-40(36-24-13-26-38(30-36)47-52-43(32-16-5-1-6-17-32)50-44(53-47)33-18-7-2-8-19-33)28-15-29-41(42)37-25-14-27-39(31-37)48-54-45(34-20-9-3-10-21-34)51-46(55-48)35-22-11-4-12-23-35/h1-31H. The van der Waals surface area contributed by atoms with Crippen LogP contribution in [-0.4, -0.2) is 29.9 Å². The number of rotatable bonds is 8. The van der Waals surface area contributed by atoms with E-state index in [1.165, 1.54) is 0 Å². The summed E-state index contributed by atoms with van der Waals surface area (Å²) < 4.78 is 0. The molecule has 0 bridgehead atoms. The fraction of sp³-hybridized carbons (Fsp3) is 0. The monoisotopic (exact) mass is 726 g/mol. The summed E-state index contributed by atoms with van der Waals surface area (Å²) in [6, 6.07) is 62.4. The molecule has 7 aromatic carbocycles. The minimum absolute atomic E-state index is 0.580. The second-order valence-corrected chi connectivity index (χ2v) is 13.3. The van der Waals surface area contributed by atoms with Crippen molar-refractivity contribution < 1.29 is 0 Å². The lowest BCUT2D eigenvalue weighted by Gasteiger charge is -2.13. The van der Waals surface area contributed by atoms with Crippen LogP contribution in [0.3, 0.4) is 0 Å². The first-order chi connectivity index (χ1) is 27.2. The van der Waals surface area contributed by atoms with Gasteiger partial charge in [0.1, 0.15) is 0 Å². The first kappa shape index (κ1) is 33.7. The van der Waals surface area contributed by atoms with Gasteiger partial charge in [0.15, 0.2) is 34.9 Å². The van der Waals surface area contributed by atoms with Gasteiger partial charge in [-0.3, -0.25) is 0 Å². The molecule has 260 valence electrons. The van der Waals surface area contributed by atoms with Gasteiger partial charge in [-0.2, -0.15) is 0 Å². The van der Waals surface area contributed by atoms with Crippen LogP contribution in [-0.2, 0) is 0 Å². The zero-order valence-corrected chi connectivity index (χ0v) is 30.2. The van der Waals surface area contributed by atoms with E-state index in [2.05, 4.69) is 24.3 Å². The van der Waals surface area contributed by atoms with Crippen LogP contribution in [0.15, 0.2) is 188 Å². The van der Waals surface area contributed by atoms with Crippen LogP contribution in [0.4, 0.5) is 0 Å². The third-order valence-electron chi connectivity index (χ3n) is 9.26. The molecule has 0 unspecified atom stereocenters. The van der Waals surface area contributed by atoms with E-state index >= 15 is 0 Å². The van der Waals surface area contributed by atoms with Gasteiger partial charge in [-0.25, -0.2) is 29.9 Å². The highest BCUT2D eigenvalue weighted by molar-refractivity contribution is 6.36. The predicted octanol–water partition coefficient (Wildman–Crippen LogP) is 12.0. The van der Waals surface area contributed by atoms with Gasteiger partial charge < -0.3 is 0 Å². The largest absolute Gasteiger partial charge is 0.208 e. The van der Waals surface area contributed by atoms with E-state index in [0.29, 0.717) is 40.0 Å². The van der Waals surface area contributed by atoms with E-state index < -0.39 is 0 Å². The molecule has 0 saturated heterocycles. The summed E-state index contributed by atoms with van der Waals surface area (Å²) in [6.07, 6.45) is 0. The maximum Gasteiger partial charge on any atom is 0.164 e. The summed E-state index contributed by atoms with van der Waals surface area (Å²) >= 11 is 7.31. The molecule has 9 rings (SSSR count). The van der Waals surface area contributed by atoms with Crippen LogP contribution in [0.2, 0.25) is 5.02 Å². The van der Waals surface area contributed by atoms with Crippen molar-refractivity contribution in [2.45, 2.75) is 0 Å². The zero-order valence-electron chi connectivity index (χ0n) is 29.5. The number of hydrogen-bond donors (Lipinski definition) is 0. The van der Waals surface area contributed by atoms with Crippen molar-refractivity contribution in [3.63, 3.8) is 0 Å². The fourth-order valence-corrected chi connectivity index (χ4v) is 6.85. The van der Waals surface area contributed by atoms with Gasteiger partial charge in [0.25, 0.3) is 0 Å². The van der Waals surface area contributed by atoms with Gasteiger partial charge in [-0.15, -0.1) is 0 Å². The molecule has 0 saturated carbocycles. The molecule has 6 nitrogen and oxygen atoms in total. The molecule has 0 aliphatic carbocycles. The lowest BCUT2D eigenvalue weighted by Crippen LogP contribution is -2.00. The highest BCUT2D eigenvalue weighted by atomic mass is 35.5. The van der Waals surface area contributed by atoms with Crippen molar-refractivity contribution >= 4 is 11.6 Å². The number of aromatic nitrogens is 6. The van der Waals surface area contributed by atoms with Crippen LogP contribution in [0.25, 0.3) is 90.6 Å². The lowest BCUT2D eigenvalue weighted by molar-refractivity contribution is 1.07. The summed E-state index contributed by atoms with van der Waals surface area (Å²) in [6.45, 7) is 0. The van der Waals surface area contributed by atoms with E-state index in [9.17, 15) is 0 Å². The average Bonchev–Trinajstić information content (AvgIpc) is 3.27. The van der Waals surface area contributed by atoms with Gasteiger partial charge in [-0.05, 0) is 23.3 Å². The predicted molar refractivity (Wildman–Crippen MR) is 222 cm³/mol. The average molecular weight is 727 g/mol. The quantitative estimate of drug-likeness (QED) is 0.155. The molecule has 2 aromatic heterocycles. The fourth-order valence-electron chi connectivity index (χ4n) is 6.50. The Kier molecular flexibility index (Phi) is 9.22. The van der Waals surface area contributed by atoms with Crippen LogP contribution in [0.5, 0.6) is 0 Å². The van der Waals surface area contributed by atoms with Crippen molar-refractivity contribution in [2.24, 2.45) is 0 Å².